The number of aromatic nitrogens is 2. The molecule has 0 atom stereocenters. The van der Waals surface area contributed by atoms with Gasteiger partial charge in [0, 0.05) is 29.8 Å². The molecule has 198 valence electrons. The molecule has 0 aliphatic carbocycles. The molecular weight excluding hydrogens is 530 g/mol. The molecule has 0 saturated carbocycles. The summed E-state index contributed by atoms with van der Waals surface area (Å²) in [5.74, 6) is -3.18. The molecule has 3 aromatic carbocycles. The lowest BCUT2D eigenvalue weighted by atomic mass is 10.1. The molecule has 0 aliphatic heterocycles. The molecule has 38 heavy (non-hydrogen) atoms. The van der Waals surface area contributed by atoms with Crippen LogP contribution in [0.4, 0.5) is 23.2 Å². The molecule has 12 heteroatoms. The fraction of sp³-hybridized carbons (Fsp3) is 0.154. The van der Waals surface area contributed by atoms with Crippen LogP contribution in [0.1, 0.15) is 15.9 Å². The molecule has 4 aromatic rings. The number of methoxy groups -OCH3 is 1. The first-order valence-corrected chi connectivity index (χ1v) is 11.4. The van der Waals surface area contributed by atoms with Gasteiger partial charge in [0.1, 0.15) is 34.5 Å². The number of hydrogen-bond acceptors (Lipinski definition) is 4. The number of nitrogens with zero attached hydrogens (tertiary/aromatic N) is 2. The fourth-order valence-electron chi connectivity index (χ4n) is 3.97. The molecule has 4 rings (SSSR count). The van der Waals surface area contributed by atoms with Gasteiger partial charge in [0.15, 0.2) is 0 Å². The predicted molar refractivity (Wildman–Crippen MR) is 134 cm³/mol. The lowest BCUT2D eigenvalue weighted by Crippen LogP contribution is -2.23. The maximum Gasteiger partial charge on any atom is 0.387 e. The minimum Gasteiger partial charge on any atom is -0.497 e. The lowest BCUT2D eigenvalue weighted by Gasteiger charge is -2.14. The Morgan fingerprint density at radius 2 is 1.66 bits per heavy atom. The van der Waals surface area contributed by atoms with Crippen molar-refractivity contribution in [2.75, 3.05) is 12.4 Å². The van der Waals surface area contributed by atoms with Crippen molar-refractivity contribution in [3.05, 3.63) is 92.7 Å². The number of halogens is 5. The molecule has 1 N–H and O–H groups in total. The summed E-state index contributed by atoms with van der Waals surface area (Å²) in [5, 5.41) is 2.77. The Bertz CT molecular complexity index is 1560. The molecule has 1 heterocycles. The van der Waals surface area contributed by atoms with E-state index in [9.17, 15) is 18.4 Å². The summed E-state index contributed by atoms with van der Waals surface area (Å²) in [6.07, 6.45) is 0. The molecule has 1 aromatic heterocycles. The Morgan fingerprint density at radius 1 is 1.03 bits per heavy atom. The topological polar surface area (TPSA) is 74.5 Å². The van der Waals surface area contributed by atoms with E-state index in [4.69, 9.17) is 16.3 Å². The zero-order valence-corrected chi connectivity index (χ0v) is 20.9. The number of amides is 1. The summed E-state index contributed by atoms with van der Waals surface area (Å²) in [6, 6.07) is 11.4. The Labute approximate surface area is 218 Å². The summed E-state index contributed by atoms with van der Waals surface area (Å²) in [7, 11) is 2.64. The molecule has 0 saturated heterocycles. The molecule has 1 amide bonds. The van der Waals surface area contributed by atoms with Crippen molar-refractivity contribution in [3.8, 4) is 28.4 Å². The van der Waals surface area contributed by atoms with Crippen molar-refractivity contribution >= 4 is 23.2 Å². The molecule has 0 fully saturated rings. The van der Waals surface area contributed by atoms with Crippen LogP contribution in [0.15, 0.2) is 59.4 Å². The van der Waals surface area contributed by atoms with Crippen LogP contribution >= 0.6 is 11.6 Å². The van der Waals surface area contributed by atoms with Crippen molar-refractivity contribution in [3.63, 3.8) is 0 Å². The van der Waals surface area contributed by atoms with E-state index in [0.29, 0.717) is 16.3 Å². The van der Waals surface area contributed by atoms with Crippen LogP contribution in [0.3, 0.4) is 0 Å². The van der Waals surface area contributed by atoms with E-state index in [2.05, 4.69) is 10.1 Å². The number of carbonyl (C=O) groups is 1. The van der Waals surface area contributed by atoms with Gasteiger partial charge in [-0.05, 0) is 48.9 Å². The van der Waals surface area contributed by atoms with Gasteiger partial charge in [0.05, 0.1) is 18.4 Å². The van der Waals surface area contributed by atoms with E-state index < -0.39 is 41.0 Å². The van der Waals surface area contributed by atoms with Crippen LogP contribution in [-0.4, -0.2) is 29.0 Å². The normalized spacial score (nSPS) is 11.1. The van der Waals surface area contributed by atoms with Crippen LogP contribution in [-0.2, 0) is 7.05 Å². The van der Waals surface area contributed by atoms with Crippen molar-refractivity contribution in [1.29, 1.82) is 0 Å². The first kappa shape index (κ1) is 26.8. The Hall–Kier alpha value is -4.25. The lowest BCUT2D eigenvalue weighted by molar-refractivity contribution is -0.0498. The first-order chi connectivity index (χ1) is 18.0. The molecule has 7 nitrogen and oxygen atoms in total. The number of hydrogen-bond donors (Lipinski definition) is 1. The van der Waals surface area contributed by atoms with Crippen molar-refractivity contribution < 1.29 is 31.8 Å². The Morgan fingerprint density at radius 3 is 2.24 bits per heavy atom. The summed E-state index contributed by atoms with van der Waals surface area (Å²) < 4.78 is 66.8. The van der Waals surface area contributed by atoms with Gasteiger partial charge in [-0.3, -0.25) is 14.3 Å². The summed E-state index contributed by atoms with van der Waals surface area (Å²) in [4.78, 5) is 26.7. The van der Waals surface area contributed by atoms with Crippen molar-refractivity contribution in [1.82, 2.24) is 9.36 Å². The van der Waals surface area contributed by atoms with Gasteiger partial charge in [-0.25, -0.2) is 13.5 Å². The Kier molecular flexibility index (Phi) is 7.49. The number of benzene rings is 3. The smallest absolute Gasteiger partial charge is 0.387 e. The quantitative estimate of drug-likeness (QED) is 0.289. The number of rotatable bonds is 7. The monoisotopic (exact) mass is 549 g/mol. The number of carbonyl (C=O) groups excluding carboxylic acids is 1. The van der Waals surface area contributed by atoms with Crippen LogP contribution in [0.5, 0.6) is 11.5 Å². The van der Waals surface area contributed by atoms with E-state index in [0.717, 1.165) is 28.9 Å². The van der Waals surface area contributed by atoms with Gasteiger partial charge >= 0.3 is 6.61 Å². The highest BCUT2D eigenvalue weighted by Crippen LogP contribution is 2.35. The van der Waals surface area contributed by atoms with Gasteiger partial charge in [-0.2, -0.15) is 8.78 Å². The first-order valence-electron chi connectivity index (χ1n) is 11.0. The zero-order valence-electron chi connectivity index (χ0n) is 20.2. The zero-order chi connectivity index (χ0) is 27.7. The predicted octanol–water partition coefficient (Wildman–Crippen LogP) is 5.95. The maximum absolute atomic E-state index is 15.2. The van der Waals surface area contributed by atoms with Crippen molar-refractivity contribution in [2.45, 2.75) is 13.5 Å². The van der Waals surface area contributed by atoms with Gasteiger partial charge in [0.2, 0.25) is 0 Å². The second kappa shape index (κ2) is 10.6. The molecular formula is C26H20ClF4N3O4. The number of anilines is 1. The molecule has 0 unspecified atom stereocenters. The summed E-state index contributed by atoms with van der Waals surface area (Å²) in [5.41, 5.74) is -1.28. The van der Waals surface area contributed by atoms with Gasteiger partial charge in [-0.1, -0.05) is 17.7 Å². The second-order valence-corrected chi connectivity index (χ2v) is 8.48. The number of ether oxygens (including phenoxy) is 2. The van der Waals surface area contributed by atoms with Gasteiger partial charge < -0.3 is 14.8 Å². The third-order valence-corrected chi connectivity index (χ3v) is 6.21. The maximum atomic E-state index is 15.2. The third-order valence-electron chi connectivity index (χ3n) is 5.80. The van der Waals surface area contributed by atoms with Crippen LogP contribution < -0.4 is 20.3 Å². The third kappa shape index (κ3) is 4.97. The van der Waals surface area contributed by atoms with E-state index in [-0.39, 0.29) is 22.8 Å². The summed E-state index contributed by atoms with van der Waals surface area (Å²) >= 11 is 6.24. The highest BCUT2D eigenvalue weighted by Gasteiger charge is 2.28. The molecule has 0 bridgehead atoms. The van der Waals surface area contributed by atoms with Crippen LogP contribution in [0.2, 0.25) is 5.02 Å². The highest BCUT2D eigenvalue weighted by atomic mass is 35.5. The average Bonchev–Trinajstić information content (AvgIpc) is 3.09. The fourth-order valence-corrected chi connectivity index (χ4v) is 4.14. The standard InChI is InChI=1S/C26H20ClF4N3O4/c1-13-17(27)5-4-6-20(13)34-25(36)22(32-24(35)14-7-9-15(10-8-14)38-26(30)31)23(33(34)2)21-18(28)11-16(37-3)12-19(21)29/h4-12,26H,1-3H3,(H,32,35). The van der Waals surface area contributed by atoms with Crippen molar-refractivity contribution in [2.24, 2.45) is 7.05 Å². The molecule has 0 spiro atoms. The molecule has 0 radical (unpaired) electrons. The van der Waals surface area contributed by atoms with E-state index in [1.54, 1.807) is 25.1 Å². The van der Waals surface area contributed by atoms with Gasteiger partial charge in [0.25, 0.3) is 11.5 Å². The molecule has 0 aliphatic rings. The SMILES string of the molecule is COc1cc(F)c(-c2c(NC(=O)c3ccc(OC(F)F)cc3)c(=O)n(-c3cccc(Cl)c3C)n2C)c(F)c1. The number of alkyl halides is 2. The second-order valence-electron chi connectivity index (χ2n) is 8.07. The minimum atomic E-state index is -3.05. The van der Waals surface area contributed by atoms with E-state index in [1.807, 2.05) is 0 Å². The Balaban J connectivity index is 1.90. The highest BCUT2D eigenvalue weighted by molar-refractivity contribution is 6.31. The summed E-state index contributed by atoms with van der Waals surface area (Å²) in [6.45, 7) is -1.39. The van der Waals surface area contributed by atoms with Crippen LogP contribution in [0, 0.1) is 18.6 Å². The van der Waals surface area contributed by atoms with Crippen LogP contribution in [0.25, 0.3) is 16.9 Å². The van der Waals surface area contributed by atoms with E-state index in [1.165, 1.54) is 31.0 Å². The number of nitrogens with one attached hydrogen (secondary N) is 1. The average molecular weight is 550 g/mol. The minimum absolute atomic E-state index is 0.0259. The van der Waals surface area contributed by atoms with E-state index >= 15 is 8.78 Å². The largest absolute Gasteiger partial charge is 0.497 e. The van der Waals surface area contributed by atoms with Gasteiger partial charge in [-0.15, -0.1) is 0 Å².